The summed E-state index contributed by atoms with van der Waals surface area (Å²) in [5.74, 6) is 0. The van der Waals surface area contributed by atoms with E-state index in [9.17, 15) is 8.42 Å². The monoisotopic (exact) mass is 375 g/mol. The number of sulfonamides is 1. The second-order valence-electron chi connectivity index (χ2n) is 4.07. The van der Waals surface area contributed by atoms with Crippen molar-refractivity contribution in [3.63, 3.8) is 0 Å². The Labute approximate surface area is 130 Å². The lowest BCUT2D eigenvalue weighted by atomic mass is 10.3. The van der Waals surface area contributed by atoms with Gasteiger partial charge in [0.25, 0.3) is 0 Å². The molecule has 0 fully saturated rings. The van der Waals surface area contributed by atoms with Gasteiger partial charge in [-0.3, -0.25) is 4.98 Å². The van der Waals surface area contributed by atoms with E-state index in [1.165, 1.54) is 23.6 Å². The summed E-state index contributed by atoms with van der Waals surface area (Å²) in [4.78, 5) is 7.88. The average molecular weight is 377 g/mol. The van der Waals surface area contributed by atoms with Crippen LogP contribution in [0.4, 0.5) is 0 Å². The average Bonchev–Trinajstić information content (AvgIpc) is 2.42. The van der Waals surface area contributed by atoms with Crippen molar-refractivity contribution in [2.24, 2.45) is 0 Å². The molecule has 0 saturated heterocycles. The van der Waals surface area contributed by atoms with Gasteiger partial charge in [-0.05, 0) is 33.6 Å². The highest BCUT2D eigenvalue weighted by molar-refractivity contribution is 9.10. The minimum absolute atomic E-state index is 0.0835. The van der Waals surface area contributed by atoms with Crippen LogP contribution in [-0.2, 0) is 16.6 Å². The first-order valence-corrected chi connectivity index (χ1v) is 8.18. The second-order valence-corrected chi connectivity index (χ2v) is 7.32. The van der Waals surface area contributed by atoms with Gasteiger partial charge in [0.2, 0.25) is 10.0 Å². The number of hydrogen-bond acceptors (Lipinski definition) is 4. The van der Waals surface area contributed by atoms with E-state index in [4.69, 9.17) is 11.6 Å². The number of aromatic nitrogens is 2. The lowest BCUT2D eigenvalue weighted by Crippen LogP contribution is -2.26. The Morgan fingerprint density at radius 1 is 1.40 bits per heavy atom. The Morgan fingerprint density at radius 2 is 2.15 bits per heavy atom. The molecule has 0 amide bonds. The van der Waals surface area contributed by atoms with Gasteiger partial charge in [-0.1, -0.05) is 17.7 Å². The highest BCUT2D eigenvalue weighted by Gasteiger charge is 2.22. The molecule has 8 heteroatoms. The quantitative estimate of drug-likeness (QED) is 0.770. The van der Waals surface area contributed by atoms with Crippen LogP contribution >= 0.6 is 27.5 Å². The Kier molecular flexibility index (Phi) is 4.74. The highest BCUT2D eigenvalue weighted by atomic mass is 79.9. The van der Waals surface area contributed by atoms with Crippen LogP contribution < -0.4 is 0 Å². The Hall–Kier alpha value is -1.02. The van der Waals surface area contributed by atoms with Crippen LogP contribution in [-0.4, -0.2) is 29.7 Å². The van der Waals surface area contributed by atoms with Crippen LogP contribution in [0.25, 0.3) is 0 Å². The van der Waals surface area contributed by atoms with Crippen molar-refractivity contribution in [2.45, 2.75) is 11.4 Å². The van der Waals surface area contributed by atoms with Crippen molar-refractivity contribution >= 4 is 37.6 Å². The Balaban J connectivity index is 2.27. The van der Waals surface area contributed by atoms with E-state index in [1.54, 1.807) is 18.5 Å². The number of halogens is 2. The summed E-state index contributed by atoms with van der Waals surface area (Å²) in [5.41, 5.74) is 0.805. The molecule has 2 heterocycles. The molecule has 0 atom stereocenters. The third kappa shape index (κ3) is 3.35. The molecule has 2 aromatic heterocycles. The maximum atomic E-state index is 12.4. The molecule has 2 rings (SSSR count). The second kappa shape index (κ2) is 6.17. The molecule has 0 aliphatic carbocycles. The third-order valence-corrected chi connectivity index (χ3v) is 5.51. The van der Waals surface area contributed by atoms with Gasteiger partial charge in [-0.15, -0.1) is 0 Å². The molecule has 5 nitrogen and oxygen atoms in total. The molecule has 106 valence electrons. The molecule has 0 saturated carbocycles. The topological polar surface area (TPSA) is 63.2 Å². The molecule has 0 N–H and O–H groups in total. The van der Waals surface area contributed by atoms with Crippen molar-refractivity contribution in [3.05, 3.63) is 52.0 Å². The van der Waals surface area contributed by atoms with E-state index < -0.39 is 10.0 Å². The zero-order valence-electron chi connectivity index (χ0n) is 10.5. The fourth-order valence-electron chi connectivity index (χ4n) is 1.56. The van der Waals surface area contributed by atoms with Gasteiger partial charge >= 0.3 is 0 Å². The maximum absolute atomic E-state index is 12.4. The van der Waals surface area contributed by atoms with Crippen LogP contribution in [0.1, 0.15) is 5.56 Å². The highest BCUT2D eigenvalue weighted by Crippen LogP contribution is 2.24. The number of nitrogens with zero attached hydrogens (tertiary/aromatic N) is 3. The van der Waals surface area contributed by atoms with Gasteiger partial charge in [0.1, 0.15) is 10.0 Å². The first kappa shape index (κ1) is 15.4. The molecular formula is C12H11BrClN3O2S. The normalized spacial score (nSPS) is 11.8. The predicted molar refractivity (Wildman–Crippen MR) is 79.8 cm³/mol. The summed E-state index contributed by atoms with van der Waals surface area (Å²) in [6.07, 6.45) is 4.50. The first-order valence-electron chi connectivity index (χ1n) is 5.57. The van der Waals surface area contributed by atoms with Gasteiger partial charge in [-0.2, -0.15) is 4.31 Å². The van der Waals surface area contributed by atoms with Crippen LogP contribution in [0.2, 0.25) is 5.15 Å². The first-order chi connectivity index (χ1) is 9.41. The summed E-state index contributed by atoms with van der Waals surface area (Å²) in [7, 11) is -2.12. The van der Waals surface area contributed by atoms with Crippen LogP contribution in [0.15, 0.2) is 46.2 Å². The Morgan fingerprint density at radius 3 is 2.75 bits per heavy atom. The van der Waals surface area contributed by atoms with E-state index >= 15 is 0 Å². The van der Waals surface area contributed by atoms with Crippen molar-refractivity contribution < 1.29 is 8.42 Å². The molecule has 0 bridgehead atoms. The summed E-state index contributed by atoms with van der Waals surface area (Å²) in [5, 5.41) is 0.221. The lowest BCUT2D eigenvalue weighted by molar-refractivity contribution is 0.466. The predicted octanol–water partition coefficient (Wildman–Crippen LogP) is 2.71. The summed E-state index contributed by atoms with van der Waals surface area (Å²) in [6, 6.07) is 5.01. The zero-order chi connectivity index (χ0) is 14.8. The zero-order valence-corrected chi connectivity index (χ0v) is 13.7. The maximum Gasteiger partial charge on any atom is 0.244 e. The van der Waals surface area contributed by atoms with Crippen molar-refractivity contribution in [2.75, 3.05) is 7.05 Å². The Bertz CT molecular complexity index is 710. The van der Waals surface area contributed by atoms with Gasteiger partial charge in [0, 0.05) is 32.2 Å². The molecule has 2 aromatic rings. The number of hydrogen-bond donors (Lipinski definition) is 0. The molecule has 0 aliphatic heterocycles. The van der Waals surface area contributed by atoms with Gasteiger partial charge in [0.15, 0.2) is 0 Å². The van der Waals surface area contributed by atoms with Gasteiger partial charge < -0.3 is 0 Å². The summed E-state index contributed by atoms with van der Waals surface area (Å²) < 4.78 is 26.5. The van der Waals surface area contributed by atoms with Gasteiger partial charge in [-0.25, -0.2) is 13.4 Å². The molecule has 0 unspecified atom stereocenters. The largest absolute Gasteiger partial charge is 0.264 e. The van der Waals surface area contributed by atoms with E-state index in [1.807, 2.05) is 6.07 Å². The summed E-state index contributed by atoms with van der Waals surface area (Å²) in [6.45, 7) is 0.233. The molecule has 20 heavy (non-hydrogen) atoms. The standard InChI is InChI=1S/C12H11BrClN3O2S/c1-17(8-9-3-2-4-15-6-9)20(18,19)10-5-11(13)12(14)16-7-10/h2-7H,8H2,1H3. The number of pyridine rings is 2. The lowest BCUT2D eigenvalue weighted by Gasteiger charge is -2.17. The van der Waals surface area contributed by atoms with E-state index in [0.717, 1.165) is 5.56 Å². The van der Waals surface area contributed by atoms with Crippen molar-refractivity contribution in [3.8, 4) is 0 Å². The molecule has 0 aliphatic rings. The SMILES string of the molecule is CN(Cc1cccnc1)S(=O)(=O)c1cnc(Cl)c(Br)c1. The molecule has 0 aromatic carbocycles. The minimum atomic E-state index is -3.62. The van der Waals surface area contributed by atoms with E-state index in [-0.39, 0.29) is 16.6 Å². The fraction of sp³-hybridized carbons (Fsp3) is 0.167. The van der Waals surface area contributed by atoms with E-state index in [0.29, 0.717) is 4.47 Å². The van der Waals surface area contributed by atoms with Gasteiger partial charge in [0.05, 0.1) is 4.47 Å². The van der Waals surface area contributed by atoms with Crippen LogP contribution in [0.5, 0.6) is 0 Å². The number of rotatable bonds is 4. The van der Waals surface area contributed by atoms with Crippen LogP contribution in [0.3, 0.4) is 0 Å². The van der Waals surface area contributed by atoms with Crippen molar-refractivity contribution in [1.82, 2.24) is 14.3 Å². The molecule has 0 spiro atoms. The van der Waals surface area contributed by atoms with Crippen LogP contribution in [0, 0.1) is 0 Å². The fourth-order valence-corrected chi connectivity index (χ4v) is 3.29. The minimum Gasteiger partial charge on any atom is -0.264 e. The molecule has 0 radical (unpaired) electrons. The van der Waals surface area contributed by atoms with E-state index in [2.05, 4.69) is 25.9 Å². The van der Waals surface area contributed by atoms with Crippen molar-refractivity contribution in [1.29, 1.82) is 0 Å². The molecular weight excluding hydrogens is 366 g/mol. The summed E-state index contributed by atoms with van der Waals surface area (Å²) >= 11 is 8.93. The third-order valence-electron chi connectivity index (χ3n) is 2.61. The smallest absolute Gasteiger partial charge is 0.244 e.